The van der Waals surface area contributed by atoms with Gasteiger partial charge in [0, 0.05) is 38.6 Å². The lowest BCUT2D eigenvalue weighted by Gasteiger charge is -2.35. The molecule has 2 N–H and O–H groups in total. The number of amides is 1. The second kappa shape index (κ2) is 6.32. The SMILES string of the molecule is CC(C)(C)OC(=O)N1CCN(S(=O)(=O)c2cnccc2N)CC1. The van der Waals surface area contributed by atoms with Gasteiger partial charge in [-0.3, -0.25) is 4.98 Å². The molecule has 1 aromatic rings. The lowest BCUT2D eigenvalue weighted by atomic mass is 10.2. The minimum Gasteiger partial charge on any atom is -0.444 e. The van der Waals surface area contributed by atoms with Gasteiger partial charge in [0.15, 0.2) is 0 Å². The number of carbonyl (C=O) groups is 1. The average molecular weight is 342 g/mol. The predicted octanol–water partition coefficient (Wildman–Crippen LogP) is 0.905. The number of hydrogen-bond donors (Lipinski definition) is 1. The molecule has 0 unspecified atom stereocenters. The number of carbonyl (C=O) groups excluding carboxylic acids is 1. The molecule has 0 saturated carbocycles. The van der Waals surface area contributed by atoms with Crippen molar-refractivity contribution in [2.24, 2.45) is 0 Å². The van der Waals surface area contributed by atoms with Gasteiger partial charge in [-0.05, 0) is 26.8 Å². The van der Waals surface area contributed by atoms with E-state index in [0.717, 1.165) is 0 Å². The molecule has 0 atom stereocenters. The number of nitrogens with zero attached hydrogens (tertiary/aromatic N) is 3. The summed E-state index contributed by atoms with van der Waals surface area (Å²) in [6, 6.07) is 1.45. The zero-order valence-electron chi connectivity index (χ0n) is 13.5. The molecule has 1 aliphatic heterocycles. The van der Waals surface area contributed by atoms with E-state index in [-0.39, 0.29) is 36.8 Å². The van der Waals surface area contributed by atoms with Crippen LogP contribution in [0.1, 0.15) is 20.8 Å². The van der Waals surface area contributed by atoms with Gasteiger partial charge in [-0.15, -0.1) is 0 Å². The zero-order valence-corrected chi connectivity index (χ0v) is 14.3. The van der Waals surface area contributed by atoms with Gasteiger partial charge >= 0.3 is 6.09 Å². The largest absolute Gasteiger partial charge is 0.444 e. The van der Waals surface area contributed by atoms with Gasteiger partial charge < -0.3 is 15.4 Å². The number of ether oxygens (including phenoxy) is 1. The molecule has 1 fully saturated rings. The molecule has 1 aliphatic rings. The molecule has 2 rings (SSSR count). The van der Waals surface area contributed by atoms with E-state index in [1.807, 2.05) is 0 Å². The van der Waals surface area contributed by atoms with Crippen molar-refractivity contribution in [3.8, 4) is 0 Å². The summed E-state index contributed by atoms with van der Waals surface area (Å²) in [5.74, 6) is 0. The number of anilines is 1. The molecule has 128 valence electrons. The van der Waals surface area contributed by atoms with Gasteiger partial charge in [-0.2, -0.15) is 4.31 Å². The van der Waals surface area contributed by atoms with Crippen molar-refractivity contribution >= 4 is 21.8 Å². The van der Waals surface area contributed by atoms with Gasteiger partial charge in [-0.25, -0.2) is 13.2 Å². The van der Waals surface area contributed by atoms with Crippen LogP contribution in [0.2, 0.25) is 0 Å². The molecule has 0 bridgehead atoms. The van der Waals surface area contributed by atoms with E-state index >= 15 is 0 Å². The first kappa shape index (κ1) is 17.5. The van der Waals surface area contributed by atoms with Crippen LogP contribution >= 0.6 is 0 Å². The topological polar surface area (TPSA) is 106 Å². The molecule has 2 heterocycles. The van der Waals surface area contributed by atoms with E-state index in [2.05, 4.69) is 4.98 Å². The van der Waals surface area contributed by atoms with Gasteiger partial charge in [0.2, 0.25) is 10.0 Å². The first-order valence-corrected chi connectivity index (χ1v) is 8.73. The highest BCUT2D eigenvalue weighted by molar-refractivity contribution is 7.89. The maximum atomic E-state index is 12.6. The summed E-state index contributed by atoms with van der Waals surface area (Å²) < 4.78 is 31.8. The van der Waals surface area contributed by atoms with E-state index in [0.29, 0.717) is 0 Å². The van der Waals surface area contributed by atoms with Crippen molar-refractivity contribution in [3.63, 3.8) is 0 Å². The highest BCUT2D eigenvalue weighted by Crippen LogP contribution is 2.22. The standard InChI is InChI=1S/C14H22N4O4S/c1-14(2,3)22-13(19)17-6-8-18(9-7-17)23(20,21)12-10-16-5-4-11(12)15/h4-5,10H,6-9H2,1-3H3,(H2,15,16). The van der Waals surface area contributed by atoms with E-state index in [1.54, 1.807) is 20.8 Å². The molecular weight excluding hydrogens is 320 g/mol. The van der Waals surface area contributed by atoms with Crippen LogP contribution < -0.4 is 5.73 Å². The summed E-state index contributed by atoms with van der Waals surface area (Å²) in [7, 11) is -3.71. The Labute approximate surface area is 136 Å². The molecular formula is C14H22N4O4S. The Morgan fingerprint density at radius 3 is 2.39 bits per heavy atom. The molecule has 0 aromatic carbocycles. The van der Waals surface area contributed by atoms with Crippen molar-refractivity contribution in [2.75, 3.05) is 31.9 Å². The third kappa shape index (κ3) is 4.11. The van der Waals surface area contributed by atoms with Crippen LogP contribution in [0.3, 0.4) is 0 Å². The summed E-state index contributed by atoms with van der Waals surface area (Å²) in [4.78, 5) is 17.3. The Bertz CT molecular complexity index is 676. The van der Waals surface area contributed by atoms with Crippen LogP contribution in [0, 0.1) is 0 Å². The Morgan fingerprint density at radius 2 is 1.87 bits per heavy atom. The number of sulfonamides is 1. The number of nitrogens with two attached hydrogens (primary N) is 1. The molecule has 23 heavy (non-hydrogen) atoms. The van der Waals surface area contributed by atoms with Gasteiger partial charge in [-0.1, -0.05) is 0 Å². The normalized spacial score (nSPS) is 17.1. The lowest BCUT2D eigenvalue weighted by molar-refractivity contribution is 0.0192. The molecule has 0 aliphatic carbocycles. The molecule has 0 radical (unpaired) electrons. The summed E-state index contributed by atoms with van der Waals surface area (Å²) in [5, 5.41) is 0. The van der Waals surface area contributed by atoms with E-state index in [9.17, 15) is 13.2 Å². The smallest absolute Gasteiger partial charge is 0.410 e. The van der Waals surface area contributed by atoms with Gasteiger partial charge in [0.25, 0.3) is 0 Å². The lowest BCUT2D eigenvalue weighted by Crippen LogP contribution is -2.51. The number of rotatable bonds is 2. The third-order valence-corrected chi connectivity index (χ3v) is 5.27. The fraction of sp³-hybridized carbons (Fsp3) is 0.571. The summed E-state index contributed by atoms with van der Waals surface area (Å²) in [6.07, 6.45) is 2.25. The number of nitrogen functional groups attached to an aromatic ring is 1. The van der Waals surface area contributed by atoms with Crippen molar-refractivity contribution < 1.29 is 17.9 Å². The van der Waals surface area contributed by atoms with E-state index in [1.165, 1.54) is 27.7 Å². The molecule has 1 saturated heterocycles. The number of piperazine rings is 1. The predicted molar refractivity (Wildman–Crippen MR) is 85.2 cm³/mol. The fourth-order valence-corrected chi connectivity index (χ4v) is 3.67. The first-order valence-electron chi connectivity index (χ1n) is 7.29. The number of pyridine rings is 1. The Hall–Kier alpha value is -1.87. The van der Waals surface area contributed by atoms with Crippen molar-refractivity contribution in [1.82, 2.24) is 14.2 Å². The summed E-state index contributed by atoms with van der Waals surface area (Å²) in [5.41, 5.74) is 5.31. The highest BCUT2D eigenvalue weighted by Gasteiger charge is 2.32. The zero-order chi connectivity index (χ0) is 17.3. The van der Waals surface area contributed by atoms with E-state index < -0.39 is 21.7 Å². The van der Waals surface area contributed by atoms with E-state index in [4.69, 9.17) is 10.5 Å². The number of aromatic nitrogens is 1. The monoisotopic (exact) mass is 342 g/mol. The maximum absolute atomic E-state index is 12.6. The van der Waals surface area contributed by atoms with Crippen LogP contribution in [0.4, 0.5) is 10.5 Å². The second-order valence-electron chi connectivity index (χ2n) is 6.28. The van der Waals surface area contributed by atoms with Gasteiger partial charge in [0.05, 0.1) is 5.69 Å². The van der Waals surface area contributed by atoms with Crippen molar-refractivity contribution in [2.45, 2.75) is 31.3 Å². The quantitative estimate of drug-likeness (QED) is 0.856. The minimum atomic E-state index is -3.71. The highest BCUT2D eigenvalue weighted by atomic mass is 32.2. The minimum absolute atomic E-state index is 0.00859. The molecule has 1 aromatic heterocycles. The molecule has 8 nitrogen and oxygen atoms in total. The van der Waals surface area contributed by atoms with Crippen molar-refractivity contribution in [1.29, 1.82) is 0 Å². The Kier molecular flexibility index (Phi) is 4.81. The summed E-state index contributed by atoms with van der Waals surface area (Å²) >= 11 is 0. The number of hydrogen-bond acceptors (Lipinski definition) is 6. The third-order valence-electron chi connectivity index (χ3n) is 3.32. The van der Waals surface area contributed by atoms with Crippen molar-refractivity contribution in [3.05, 3.63) is 18.5 Å². The first-order chi connectivity index (χ1) is 10.6. The van der Waals surface area contributed by atoms with Gasteiger partial charge in [0.1, 0.15) is 10.5 Å². The Balaban J connectivity index is 2.04. The van der Waals surface area contributed by atoms with Crippen LogP contribution in [-0.2, 0) is 14.8 Å². The van der Waals surface area contributed by atoms with Crippen LogP contribution in [0.15, 0.2) is 23.4 Å². The maximum Gasteiger partial charge on any atom is 0.410 e. The Morgan fingerprint density at radius 1 is 1.26 bits per heavy atom. The molecule has 9 heteroatoms. The average Bonchev–Trinajstić information content (AvgIpc) is 2.46. The molecule has 0 spiro atoms. The molecule has 1 amide bonds. The second-order valence-corrected chi connectivity index (χ2v) is 8.19. The summed E-state index contributed by atoms with van der Waals surface area (Å²) in [6.45, 7) is 6.29. The van der Waals surface area contributed by atoms with Crippen LogP contribution in [0.25, 0.3) is 0 Å². The fourth-order valence-electron chi connectivity index (χ4n) is 2.18. The van der Waals surface area contributed by atoms with Crippen LogP contribution in [-0.4, -0.2) is 60.5 Å². The van der Waals surface area contributed by atoms with Crippen LogP contribution in [0.5, 0.6) is 0 Å².